The van der Waals surface area contributed by atoms with Gasteiger partial charge in [-0.2, -0.15) is 0 Å². The molecule has 0 bridgehead atoms. The molecule has 1 unspecified atom stereocenters. The average molecular weight is 368 g/mol. The van der Waals surface area contributed by atoms with Crippen LogP contribution in [-0.2, 0) is 5.54 Å². The first-order chi connectivity index (χ1) is 13.8. The largest absolute Gasteiger partial charge is 0.329 e. The molecule has 0 saturated carbocycles. The first kappa shape index (κ1) is 18.2. The van der Waals surface area contributed by atoms with Gasteiger partial charge in [0, 0.05) is 12.7 Å². The topological polar surface area (TPSA) is 69.9 Å². The molecule has 4 N–H and O–H groups in total. The second-order valence-electron chi connectivity index (χ2n) is 6.86. The van der Waals surface area contributed by atoms with Crippen LogP contribution in [-0.4, -0.2) is 16.1 Å². The molecule has 0 fully saturated rings. The Balaban J connectivity index is 2.06. The van der Waals surface area contributed by atoms with Crippen LogP contribution in [0.2, 0.25) is 0 Å². The van der Waals surface area contributed by atoms with Crippen LogP contribution in [0.3, 0.4) is 0 Å². The SMILES string of the molecule is NCC(N)c1cn(C(c2ccccc2)(c2ccccc2)c2ccccc2)cn1. The van der Waals surface area contributed by atoms with Crippen molar-refractivity contribution in [2.24, 2.45) is 11.5 Å². The number of imidazole rings is 1. The molecule has 0 aliphatic heterocycles. The summed E-state index contributed by atoms with van der Waals surface area (Å²) in [6, 6.07) is 31.2. The van der Waals surface area contributed by atoms with Gasteiger partial charge in [0.05, 0.1) is 18.1 Å². The minimum Gasteiger partial charge on any atom is -0.329 e. The quantitative estimate of drug-likeness (QED) is 0.510. The van der Waals surface area contributed by atoms with Gasteiger partial charge in [-0.25, -0.2) is 4.98 Å². The maximum atomic E-state index is 6.17. The van der Waals surface area contributed by atoms with Gasteiger partial charge in [0.2, 0.25) is 0 Å². The summed E-state index contributed by atoms with van der Waals surface area (Å²) in [4.78, 5) is 4.59. The highest BCUT2D eigenvalue weighted by atomic mass is 15.1. The second kappa shape index (κ2) is 7.80. The molecule has 0 aliphatic carbocycles. The van der Waals surface area contributed by atoms with Crippen molar-refractivity contribution in [3.63, 3.8) is 0 Å². The fourth-order valence-electron chi connectivity index (χ4n) is 3.82. The second-order valence-corrected chi connectivity index (χ2v) is 6.86. The van der Waals surface area contributed by atoms with Gasteiger partial charge in [0.1, 0.15) is 5.54 Å². The van der Waals surface area contributed by atoms with Crippen molar-refractivity contribution in [2.75, 3.05) is 6.54 Å². The summed E-state index contributed by atoms with van der Waals surface area (Å²) >= 11 is 0. The third-order valence-electron chi connectivity index (χ3n) is 5.20. The van der Waals surface area contributed by atoms with Gasteiger partial charge < -0.3 is 16.0 Å². The number of nitrogens with zero attached hydrogens (tertiary/aromatic N) is 2. The van der Waals surface area contributed by atoms with Crippen molar-refractivity contribution < 1.29 is 0 Å². The number of nitrogens with two attached hydrogens (primary N) is 2. The third kappa shape index (κ3) is 3.03. The molecule has 0 amide bonds. The van der Waals surface area contributed by atoms with E-state index in [1.54, 1.807) is 0 Å². The van der Waals surface area contributed by atoms with E-state index in [-0.39, 0.29) is 6.04 Å². The summed E-state index contributed by atoms with van der Waals surface area (Å²) < 4.78 is 2.15. The maximum Gasteiger partial charge on any atom is 0.121 e. The predicted molar refractivity (Wildman–Crippen MR) is 113 cm³/mol. The lowest BCUT2D eigenvalue weighted by atomic mass is 9.77. The number of hydrogen-bond acceptors (Lipinski definition) is 3. The number of hydrogen-bond donors (Lipinski definition) is 2. The molecular formula is C24H24N4. The van der Waals surface area contributed by atoms with E-state index in [0.29, 0.717) is 6.54 Å². The highest BCUT2D eigenvalue weighted by molar-refractivity contribution is 5.50. The van der Waals surface area contributed by atoms with Crippen molar-refractivity contribution in [3.8, 4) is 0 Å². The van der Waals surface area contributed by atoms with Crippen molar-refractivity contribution in [3.05, 3.63) is 126 Å². The molecule has 1 heterocycles. The summed E-state index contributed by atoms with van der Waals surface area (Å²) in [5.74, 6) is 0. The standard InChI is InChI=1S/C24H24N4/c25-16-22(26)23-17-28(18-27-23)24(19-10-4-1-5-11-19,20-12-6-2-7-13-20)21-14-8-3-9-15-21/h1-15,17-18,22H,16,25-26H2. The molecule has 4 rings (SSSR count). The van der Waals surface area contributed by atoms with Crippen molar-refractivity contribution >= 4 is 0 Å². The van der Waals surface area contributed by atoms with E-state index in [1.165, 1.54) is 0 Å². The van der Waals surface area contributed by atoms with Crippen LogP contribution in [0, 0.1) is 0 Å². The fraction of sp³-hybridized carbons (Fsp3) is 0.125. The summed E-state index contributed by atoms with van der Waals surface area (Å²) in [6.07, 6.45) is 3.88. The Labute approximate surface area is 165 Å². The molecule has 1 aromatic heterocycles. The monoisotopic (exact) mass is 368 g/mol. The molecular weight excluding hydrogens is 344 g/mol. The van der Waals surface area contributed by atoms with E-state index >= 15 is 0 Å². The molecule has 4 nitrogen and oxygen atoms in total. The molecule has 4 aromatic rings. The van der Waals surface area contributed by atoms with Gasteiger partial charge in [0.15, 0.2) is 0 Å². The first-order valence-electron chi connectivity index (χ1n) is 9.43. The van der Waals surface area contributed by atoms with Gasteiger partial charge in [0.25, 0.3) is 0 Å². The van der Waals surface area contributed by atoms with Crippen molar-refractivity contribution in [1.82, 2.24) is 9.55 Å². The van der Waals surface area contributed by atoms with Crippen LogP contribution >= 0.6 is 0 Å². The van der Waals surface area contributed by atoms with Crippen LogP contribution in [0.25, 0.3) is 0 Å². The van der Waals surface area contributed by atoms with E-state index in [1.807, 2.05) is 30.7 Å². The highest BCUT2D eigenvalue weighted by Crippen LogP contribution is 2.40. The van der Waals surface area contributed by atoms with Gasteiger partial charge in [-0.15, -0.1) is 0 Å². The molecule has 0 radical (unpaired) electrons. The van der Waals surface area contributed by atoms with Gasteiger partial charge in [-0.3, -0.25) is 0 Å². The molecule has 140 valence electrons. The van der Waals surface area contributed by atoms with Crippen LogP contribution in [0.4, 0.5) is 0 Å². The van der Waals surface area contributed by atoms with E-state index in [0.717, 1.165) is 22.4 Å². The maximum absolute atomic E-state index is 6.17. The molecule has 0 spiro atoms. The molecule has 3 aromatic carbocycles. The van der Waals surface area contributed by atoms with Crippen molar-refractivity contribution in [1.29, 1.82) is 0 Å². The lowest BCUT2D eigenvalue weighted by Gasteiger charge is -2.37. The third-order valence-corrected chi connectivity index (χ3v) is 5.20. The molecule has 1 atom stereocenters. The lowest BCUT2D eigenvalue weighted by Crippen LogP contribution is -2.37. The Kier molecular flexibility index (Phi) is 5.06. The van der Waals surface area contributed by atoms with Gasteiger partial charge in [-0.1, -0.05) is 91.0 Å². The van der Waals surface area contributed by atoms with Crippen molar-refractivity contribution in [2.45, 2.75) is 11.6 Å². The van der Waals surface area contributed by atoms with Crippen LogP contribution in [0.1, 0.15) is 28.4 Å². The number of rotatable bonds is 6. The Bertz CT molecular complexity index is 914. The zero-order valence-corrected chi connectivity index (χ0v) is 15.6. The average Bonchev–Trinajstić information content (AvgIpc) is 3.26. The minimum absolute atomic E-state index is 0.290. The first-order valence-corrected chi connectivity index (χ1v) is 9.43. The van der Waals surface area contributed by atoms with E-state index < -0.39 is 5.54 Å². The van der Waals surface area contributed by atoms with Gasteiger partial charge >= 0.3 is 0 Å². The number of benzene rings is 3. The molecule has 0 saturated heterocycles. The highest BCUT2D eigenvalue weighted by Gasteiger charge is 2.38. The van der Waals surface area contributed by atoms with E-state index in [2.05, 4.69) is 82.3 Å². The summed E-state index contributed by atoms with van der Waals surface area (Å²) in [5.41, 5.74) is 15.6. The Morgan fingerprint density at radius 2 is 1.18 bits per heavy atom. The summed E-state index contributed by atoms with van der Waals surface area (Å²) in [7, 11) is 0. The Morgan fingerprint density at radius 3 is 1.57 bits per heavy atom. The molecule has 0 aliphatic rings. The number of aromatic nitrogens is 2. The van der Waals surface area contributed by atoms with E-state index in [4.69, 9.17) is 11.5 Å². The van der Waals surface area contributed by atoms with Gasteiger partial charge in [-0.05, 0) is 16.7 Å². The van der Waals surface area contributed by atoms with Crippen LogP contribution in [0.15, 0.2) is 104 Å². The zero-order chi connectivity index (χ0) is 19.4. The Morgan fingerprint density at radius 1 is 0.750 bits per heavy atom. The van der Waals surface area contributed by atoms with Crippen LogP contribution in [0.5, 0.6) is 0 Å². The molecule has 4 heteroatoms. The zero-order valence-electron chi connectivity index (χ0n) is 15.6. The smallest absolute Gasteiger partial charge is 0.121 e. The Hall–Kier alpha value is -3.21. The molecule has 28 heavy (non-hydrogen) atoms. The summed E-state index contributed by atoms with van der Waals surface area (Å²) in [6.45, 7) is 0.353. The van der Waals surface area contributed by atoms with E-state index in [9.17, 15) is 0 Å². The van der Waals surface area contributed by atoms with Crippen LogP contribution < -0.4 is 11.5 Å². The predicted octanol–water partition coefficient (Wildman–Crippen LogP) is 3.68. The lowest BCUT2D eigenvalue weighted by molar-refractivity contribution is 0.513. The fourth-order valence-corrected chi connectivity index (χ4v) is 3.82. The summed E-state index contributed by atoms with van der Waals surface area (Å²) in [5, 5.41) is 0. The normalized spacial score (nSPS) is 12.6. The minimum atomic E-state index is -0.566.